The summed E-state index contributed by atoms with van der Waals surface area (Å²) >= 11 is 0. The molecule has 1 unspecified atom stereocenters. The molecule has 0 aliphatic heterocycles. The minimum absolute atomic E-state index is 0.0206. The second-order valence-electron chi connectivity index (χ2n) is 5.02. The van der Waals surface area contributed by atoms with Crippen LogP contribution < -0.4 is 11.1 Å². The van der Waals surface area contributed by atoms with E-state index in [9.17, 15) is 4.39 Å². The second kappa shape index (κ2) is 5.40. The summed E-state index contributed by atoms with van der Waals surface area (Å²) in [4.78, 5) is 4.31. The van der Waals surface area contributed by atoms with Gasteiger partial charge in [-0.2, -0.15) is 0 Å². The van der Waals surface area contributed by atoms with Crippen LogP contribution in [0.4, 0.5) is 15.8 Å². The number of nitrogens with one attached hydrogen (secondary N) is 1. The van der Waals surface area contributed by atoms with Crippen molar-refractivity contribution >= 4 is 22.3 Å². The lowest BCUT2D eigenvalue weighted by Crippen LogP contribution is -2.07. The number of fused-ring (bicyclic) bond motifs is 1. The summed E-state index contributed by atoms with van der Waals surface area (Å²) in [6.07, 6.45) is 1.72. The third-order valence-electron chi connectivity index (χ3n) is 3.52. The van der Waals surface area contributed by atoms with Gasteiger partial charge in [-0.05, 0) is 36.8 Å². The van der Waals surface area contributed by atoms with Gasteiger partial charge in [-0.25, -0.2) is 4.39 Å². The highest BCUT2D eigenvalue weighted by molar-refractivity contribution is 5.97. The Morgan fingerprint density at radius 1 is 1.14 bits per heavy atom. The fourth-order valence-electron chi connectivity index (χ4n) is 2.42. The second-order valence-corrected chi connectivity index (χ2v) is 5.02. The Bertz CT molecular complexity index is 786. The van der Waals surface area contributed by atoms with E-state index in [1.807, 2.05) is 37.3 Å². The molecule has 0 spiro atoms. The molecule has 4 heteroatoms. The Labute approximate surface area is 122 Å². The number of halogens is 1. The lowest BCUT2D eigenvalue weighted by Gasteiger charge is -2.17. The molecule has 3 N–H and O–H groups in total. The molecule has 3 aromatic rings. The molecule has 21 heavy (non-hydrogen) atoms. The van der Waals surface area contributed by atoms with Gasteiger partial charge in [-0.15, -0.1) is 0 Å². The maximum Gasteiger partial charge on any atom is 0.123 e. The molecule has 106 valence electrons. The van der Waals surface area contributed by atoms with E-state index in [1.54, 1.807) is 12.3 Å². The highest BCUT2D eigenvalue weighted by atomic mass is 19.1. The van der Waals surface area contributed by atoms with Crippen molar-refractivity contribution in [2.45, 2.75) is 13.0 Å². The summed E-state index contributed by atoms with van der Waals surface area (Å²) in [6.45, 7) is 1.99. The molecular weight excluding hydrogens is 265 g/mol. The predicted octanol–water partition coefficient (Wildman–Crippen LogP) is 4.13. The number of para-hydroxylation sites is 1. The van der Waals surface area contributed by atoms with Crippen molar-refractivity contribution in [2.24, 2.45) is 0 Å². The Kier molecular flexibility index (Phi) is 3.44. The monoisotopic (exact) mass is 281 g/mol. The number of anilines is 2. The van der Waals surface area contributed by atoms with Crippen molar-refractivity contribution in [1.82, 2.24) is 4.98 Å². The number of benzene rings is 2. The molecule has 0 bridgehead atoms. The quantitative estimate of drug-likeness (QED) is 0.710. The van der Waals surface area contributed by atoms with Gasteiger partial charge in [0.15, 0.2) is 0 Å². The molecule has 0 aliphatic carbocycles. The number of pyridine rings is 1. The van der Waals surface area contributed by atoms with Gasteiger partial charge in [0.25, 0.3) is 0 Å². The average Bonchev–Trinajstić information content (AvgIpc) is 2.48. The van der Waals surface area contributed by atoms with Gasteiger partial charge in [0.05, 0.1) is 11.2 Å². The van der Waals surface area contributed by atoms with Crippen LogP contribution in [0.1, 0.15) is 18.5 Å². The minimum Gasteiger partial charge on any atom is -0.397 e. The average molecular weight is 281 g/mol. The van der Waals surface area contributed by atoms with Gasteiger partial charge in [0.1, 0.15) is 5.82 Å². The fraction of sp³-hybridized carbons (Fsp3) is 0.118. The number of nitrogens with zero attached hydrogens (tertiary/aromatic N) is 1. The molecule has 1 aromatic heterocycles. The van der Waals surface area contributed by atoms with E-state index in [0.717, 1.165) is 22.2 Å². The van der Waals surface area contributed by atoms with Crippen LogP contribution in [0.25, 0.3) is 10.9 Å². The zero-order chi connectivity index (χ0) is 14.8. The van der Waals surface area contributed by atoms with Crippen LogP contribution in [0.3, 0.4) is 0 Å². The predicted molar refractivity (Wildman–Crippen MR) is 84.6 cm³/mol. The van der Waals surface area contributed by atoms with Crippen LogP contribution in [-0.4, -0.2) is 4.98 Å². The topological polar surface area (TPSA) is 50.9 Å². The lowest BCUT2D eigenvalue weighted by molar-refractivity contribution is 0.623. The van der Waals surface area contributed by atoms with E-state index in [4.69, 9.17) is 5.73 Å². The van der Waals surface area contributed by atoms with Crippen molar-refractivity contribution in [1.29, 1.82) is 0 Å². The largest absolute Gasteiger partial charge is 0.397 e. The van der Waals surface area contributed by atoms with Gasteiger partial charge < -0.3 is 11.1 Å². The summed E-state index contributed by atoms with van der Waals surface area (Å²) < 4.78 is 13.3. The van der Waals surface area contributed by atoms with Crippen molar-refractivity contribution in [3.05, 3.63) is 66.1 Å². The molecule has 1 heterocycles. The third kappa shape index (κ3) is 2.65. The van der Waals surface area contributed by atoms with Crippen molar-refractivity contribution in [3.8, 4) is 0 Å². The van der Waals surface area contributed by atoms with Crippen LogP contribution >= 0.6 is 0 Å². The number of nitrogen functional groups attached to an aromatic ring is 1. The summed E-state index contributed by atoms with van der Waals surface area (Å²) in [6, 6.07) is 14.2. The Morgan fingerprint density at radius 3 is 2.76 bits per heavy atom. The highest BCUT2D eigenvalue weighted by Crippen LogP contribution is 2.28. The molecule has 0 aliphatic rings. The van der Waals surface area contributed by atoms with Gasteiger partial charge in [-0.3, -0.25) is 4.98 Å². The first kappa shape index (κ1) is 13.4. The molecule has 0 radical (unpaired) electrons. The first-order valence-corrected chi connectivity index (χ1v) is 6.80. The maximum absolute atomic E-state index is 13.3. The van der Waals surface area contributed by atoms with Gasteiger partial charge in [0.2, 0.25) is 0 Å². The van der Waals surface area contributed by atoms with Crippen molar-refractivity contribution in [2.75, 3.05) is 11.1 Å². The van der Waals surface area contributed by atoms with Gasteiger partial charge in [-0.1, -0.05) is 24.3 Å². The number of rotatable bonds is 3. The molecule has 0 amide bonds. The van der Waals surface area contributed by atoms with E-state index < -0.39 is 0 Å². The Balaban J connectivity index is 1.97. The molecular formula is C17H16FN3. The van der Waals surface area contributed by atoms with Crippen LogP contribution in [0, 0.1) is 5.82 Å². The van der Waals surface area contributed by atoms with Crippen molar-refractivity contribution in [3.63, 3.8) is 0 Å². The van der Waals surface area contributed by atoms with Crippen molar-refractivity contribution < 1.29 is 4.39 Å². The smallest absolute Gasteiger partial charge is 0.123 e. The molecule has 3 rings (SSSR count). The molecule has 3 nitrogen and oxygen atoms in total. The van der Waals surface area contributed by atoms with E-state index in [-0.39, 0.29) is 11.9 Å². The van der Waals surface area contributed by atoms with E-state index in [1.165, 1.54) is 12.1 Å². The fourth-order valence-corrected chi connectivity index (χ4v) is 2.42. The third-order valence-corrected chi connectivity index (χ3v) is 3.52. The van der Waals surface area contributed by atoms with Gasteiger partial charge in [0, 0.05) is 23.3 Å². The molecule has 0 saturated carbocycles. The molecule has 2 aromatic carbocycles. The van der Waals surface area contributed by atoms with Crippen LogP contribution in [-0.2, 0) is 0 Å². The first-order valence-electron chi connectivity index (χ1n) is 6.80. The summed E-state index contributed by atoms with van der Waals surface area (Å²) in [5.41, 5.74) is 9.19. The SMILES string of the molecule is CC(Nc1ccnc2c(N)cccc12)c1cccc(F)c1. The summed E-state index contributed by atoms with van der Waals surface area (Å²) in [5, 5.41) is 4.35. The zero-order valence-electron chi connectivity index (χ0n) is 11.7. The van der Waals surface area contributed by atoms with E-state index in [2.05, 4.69) is 10.3 Å². The number of hydrogen-bond donors (Lipinski definition) is 2. The van der Waals surface area contributed by atoms with Gasteiger partial charge >= 0.3 is 0 Å². The molecule has 0 saturated heterocycles. The maximum atomic E-state index is 13.3. The Morgan fingerprint density at radius 2 is 1.95 bits per heavy atom. The molecule has 1 atom stereocenters. The standard InChI is InChI=1S/C17H16FN3/c1-11(12-4-2-5-13(18)10-12)21-16-8-9-20-17-14(16)6-3-7-15(17)19/h2-11H,19H2,1H3,(H,20,21). The van der Waals surface area contributed by atoms with E-state index >= 15 is 0 Å². The lowest BCUT2D eigenvalue weighted by atomic mass is 10.1. The zero-order valence-corrected chi connectivity index (χ0v) is 11.7. The summed E-state index contributed by atoms with van der Waals surface area (Å²) in [5.74, 6) is -0.231. The van der Waals surface area contributed by atoms with Crippen LogP contribution in [0.5, 0.6) is 0 Å². The molecule has 0 fully saturated rings. The number of nitrogens with two attached hydrogens (primary N) is 1. The van der Waals surface area contributed by atoms with Crippen LogP contribution in [0.2, 0.25) is 0 Å². The van der Waals surface area contributed by atoms with E-state index in [0.29, 0.717) is 5.69 Å². The normalized spacial score (nSPS) is 12.3. The minimum atomic E-state index is -0.231. The highest BCUT2D eigenvalue weighted by Gasteiger charge is 2.09. The Hall–Kier alpha value is -2.62. The number of aromatic nitrogens is 1. The van der Waals surface area contributed by atoms with Crippen LogP contribution in [0.15, 0.2) is 54.7 Å². The number of hydrogen-bond acceptors (Lipinski definition) is 3. The first-order chi connectivity index (χ1) is 10.1. The summed E-state index contributed by atoms with van der Waals surface area (Å²) in [7, 11) is 0.